The molecule has 21 heavy (non-hydrogen) atoms. The molecule has 0 aliphatic carbocycles. The van der Waals surface area contributed by atoms with Gasteiger partial charge in [-0.15, -0.1) is 11.8 Å². The first-order valence-corrected chi connectivity index (χ1v) is 9.05. The maximum Gasteiger partial charge on any atom is 0.162 e. The fraction of sp³-hybridized carbons (Fsp3) is 0.647. The van der Waals surface area contributed by atoms with Crippen LogP contribution in [0.4, 0.5) is 0 Å². The van der Waals surface area contributed by atoms with Crippen LogP contribution in [0.3, 0.4) is 0 Å². The number of fused-ring (bicyclic) bond motifs is 2. The molecular weight excluding hydrogens is 282 g/mol. The molecule has 0 fully saturated rings. The SMILES string of the molecule is CCCNC1c2cc3c(cc2SC1CCC)OCCCO3. The Kier molecular flexibility index (Phi) is 4.96. The summed E-state index contributed by atoms with van der Waals surface area (Å²) >= 11 is 2.00. The van der Waals surface area contributed by atoms with Crippen LogP contribution in [-0.4, -0.2) is 25.0 Å². The third-order valence-electron chi connectivity index (χ3n) is 4.05. The zero-order chi connectivity index (χ0) is 14.7. The molecule has 4 heteroatoms. The second kappa shape index (κ2) is 6.93. The maximum absolute atomic E-state index is 5.86. The van der Waals surface area contributed by atoms with E-state index in [1.165, 1.54) is 29.7 Å². The molecule has 0 bridgehead atoms. The molecule has 1 N–H and O–H groups in total. The van der Waals surface area contributed by atoms with Gasteiger partial charge in [0.05, 0.1) is 13.2 Å². The largest absolute Gasteiger partial charge is 0.490 e. The topological polar surface area (TPSA) is 30.5 Å². The Hall–Kier alpha value is -0.870. The molecule has 2 aliphatic heterocycles. The van der Waals surface area contributed by atoms with E-state index in [0.717, 1.165) is 37.7 Å². The summed E-state index contributed by atoms with van der Waals surface area (Å²) in [5.41, 5.74) is 1.40. The van der Waals surface area contributed by atoms with Gasteiger partial charge < -0.3 is 14.8 Å². The van der Waals surface area contributed by atoms with Crippen LogP contribution in [0, 0.1) is 0 Å². The van der Waals surface area contributed by atoms with Crippen molar-refractivity contribution >= 4 is 11.8 Å². The van der Waals surface area contributed by atoms with E-state index < -0.39 is 0 Å². The molecule has 2 atom stereocenters. The minimum absolute atomic E-state index is 0.446. The lowest BCUT2D eigenvalue weighted by Gasteiger charge is -2.20. The van der Waals surface area contributed by atoms with E-state index in [9.17, 15) is 0 Å². The summed E-state index contributed by atoms with van der Waals surface area (Å²) in [5, 5.41) is 4.35. The molecule has 0 radical (unpaired) electrons. The number of rotatable bonds is 5. The van der Waals surface area contributed by atoms with Crippen LogP contribution < -0.4 is 14.8 Å². The minimum atomic E-state index is 0.446. The van der Waals surface area contributed by atoms with E-state index in [1.807, 2.05) is 11.8 Å². The van der Waals surface area contributed by atoms with Gasteiger partial charge in [-0.2, -0.15) is 0 Å². The Morgan fingerprint density at radius 1 is 1.14 bits per heavy atom. The normalized spacial score (nSPS) is 23.7. The average Bonchev–Trinajstić information content (AvgIpc) is 2.66. The Morgan fingerprint density at radius 2 is 1.90 bits per heavy atom. The molecule has 0 saturated heterocycles. The van der Waals surface area contributed by atoms with Gasteiger partial charge in [-0.25, -0.2) is 0 Å². The van der Waals surface area contributed by atoms with E-state index in [1.54, 1.807) is 0 Å². The van der Waals surface area contributed by atoms with E-state index in [0.29, 0.717) is 11.3 Å². The van der Waals surface area contributed by atoms with Gasteiger partial charge in [0.2, 0.25) is 0 Å². The number of thioether (sulfide) groups is 1. The van der Waals surface area contributed by atoms with Crippen molar-refractivity contribution in [3.63, 3.8) is 0 Å². The third kappa shape index (κ3) is 3.16. The molecule has 1 aromatic rings. The third-order valence-corrected chi connectivity index (χ3v) is 5.47. The molecule has 0 aromatic heterocycles. The van der Waals surface area contributed by atoms with Crippen molar-refractivity contribution in [2.45, 2.75) is 55.7 Å². The molecule has 0 saturated carbocycles. The van der Waals surface area contributed by atoms with Crippen molar-refractivity contribution in [1.29, 1.82) is 0 Å². The molecular formula is C17H25NO2S. The van der Waals surface area contributed by atoms with Crippen molar-refractivity contribution in [2.24, 2.45) is 0 Å². The fourth-order valence-electron chi connectivity index (χ4n) is 3.03. The fourth-order valence-corrected chi connectivity index (χ4v) is 4.59. The van der Waals surface area contributed by atoms with E-state index >= 15 is 0 Å². The zero-order valence-electron chi connectivity index (χ0n) is 13.0. The second-order valence-electron chi connectivity index (χ2n) is 5.76. The van der Waals surface area contributed by atoms with Gasteiger partial charge in [0.15, 0.2) is 11.5 Å². The Balaban J connectivity index is 1.89. The van der Waals surface area contributed by atoms with E-state index in [-0.39, 0.29) is 0 Å². The molecule has 2 heterocycles. The molecule has 3 nitrogen and oxygen atoms in total. The van der Waals surface area contributed by atoms with Crippen molar-refractivity contribution in [3.05, 3.63) is 17.7 Å². The predicted molar refractivity (Wildman–Crippen MR) is 87.6 cm³/mol. The van der Waals surface area contributed by atoms with E-state index in [4.69, 9.17) is 9.47 Å². The quantitative estimate of drug-likeness (QED) is 0.884. The first kappa shape index (κ1) is 15.0. The summed E-state index contributed by atoms with van der Waals surface area (Å²) in [7, 11) is 0. The number of benzene rings is 1. The van der Waals surface area contributed by atoms with Gasteiger partial charge in [0, 0.05) is 22.6 Å². The Morgan fingerprint density at radius 3 is 2.62 bits per heavy atom. The van der Waals surface area contributed by atoms with Crippen molar-refractivity contribution in [1.82, 2.24) is 5.32 Å². The van der Waals surface area contributed by atoms with E-state index in [2.05, 4.69) is 31.3 Å². The van der Waals surface area contributed by atoms with Gasteiger partial charge in [-0.3, -0.25) is 0 Å². The minimum Gasteiger partial charge on any atom is -0.490 e. The smallest absolute Gasteiger partial charge is 0.162 e. The highest BCUT2D eigenvalue weighted by molar-refractivity contribution is 8.00. The summed E-state index contributed by atoms with van der Waals surface area (Å²) in [5.74, 6) is 1.84. The standard InChI is InChI=1S/C17H25NO2S/c1-3-6-15-17(18-7-4-2)12-10-13-14(11-16(12)21-15)20-9-5-8-19-13/h10-11,15,17-18H,3-9H2,1-2H3. The predicted octanol–water partition coefficient (Wildman–Crippen LogP) is 4.16. The van der Waals surface area contributed by atoms with Gasteiger partial charge in [0.1, 0.15) is 0 Å². The average molecular weight is 307 g/mol. The lowest BCUT2D eigenvalue weighted by atomic mass is 10.0. The van der Waals surface area contributed by atoms with Crippen LogP contribution in [0.1, 0.15) is 51.1 Å². The highest BCUT2D eigenvalue weighted by atomic mass is 32.2. The van der Waals surface area contributed by atoms with Crippen LogP contribution >= 0.6 is 11.8 Å². The number of nitrogens with one attached hydrogen (secondary N) is 1. The summed E-state index contributed by atoms with van der Waals surface area (Å²) in [6.07, 6.45) is 4.60. The zero-order valence-corrected chi connectivity index (χ0v) is 13.8. The van der Waals surface area contributed by atoms with Gasteiger partial charge in [0.25, 0.3) is 0 Å². The molecule has 116 valence electrons. The molecule has 1 aromatic carbocycles. The highest BCUT2D eigenvalue weighted by Gasteiger charge is 2.34. The monoisotopic (exact) mass is 307 g/mol. The van der Waals surface area contributed by atoms with Gasteiger partial charge in [-0.05, 0) is 37.1 Å². The second-order valence-corrected chi connectivity index (χ2v) is 7.05. The maximum atomic E-state index is 5.86. The number of hydrogen-bond donors (Lipinski definition) is 1. The molecule has 2 aliphatic rings. The van der Waals surface area contributed by atoms with Crippen molar-refractivity contribution in [2.75, 3.05) is 19.8 Å². The van der Waals surface area contributed by atoms with Crippen LogP contribution in [0.25, 0.3) is 0 Å². The lowest BCUT2D eigenvalue weighted by molar-refractivity contribution is 0.296. The van der Waals surface area contributed by atoms with Crippen LogP contribution in [0.15, 0.2) is 17.0 Å². The van der Waals surface area contributed by atoms with Crippen LogP contribution in [0.5, 0.6) is 11.5 Å². The number of hydrogen-bond acceptors (Lipinski definition) is 4. The molecule has 3 rings (SSSR count). The molecule has 0 spiro atoms. The Bertz CT molecular complexity index is 492. The van der Waals surface area contributed by atoms with Crippen LogP contribution in [-0.2, 0) is 0 Å². The summed E-state index contributed by atoms with van der Waals surface area (Å²) in [4.78, 5) is 1.37. The lowest BCUT2D eigenvalue weighted by Crippen LogP contribution is -2.27. The first-order valence-electron chi connectivity index (χ1n) is 8.17. The summed E-state index contributed by atoms with van der Waals surface area (Å²) in [6, 6.07) is 4.85. The summed E-state index contributed by atoms with van der Waals surface area (Å²) in [6.45, 7) is 7.07. The van der Waals surface area contributed by atoms with Crippen molar-refractivity contribution in [3.8, 4) is 11.5 Å². The van der Waals surface area contributed by atoms with Gasteiger partial charge in [-0.1, -0.05) is 20.3 Å². The van der Waals surface area contributed by atoms with Crippen LogP contribution in [0.2, 0.25) is 0 Å². The van der Waals surface area contributed by atoms with Crippen molar-refractivity contribution < 1.29 is 9.47 Å². The molecule has 2 unspecified atom stereocenters. The highest BCUT2D eigenvalue weighted by Crippen LogP contribution is 2.50. The summed E-state index contributed by atoms with van der Waals surface area (Å²) < 4.78 is 11.7. The number of ether oxygens (including phenoxy) is 2. The van der Waals surface area contributed by atoms with Gasteiger partial charge >= 0.3 is 0 Å². The first-order chi connectivity index (χ1) is 10.3. The molecule has 0 amide bonds. The Labute approximate surface area is 131 Å².